The van der Waals surface area contributed by atoms with E-state index in [9.17, 15) is 4.79 Å². The maximum Gasteiger partial charge on any atom is 0.308 e. The molecule has 0 N–H and O–H groups in total. The van der Waals surface area contributed by atoms with Crippen molar-refractivity contribution >= 4 is 14.0 Å². The SMILES string of the molecule is CC(CC(C)(C)C)C(=O)OCCC[Si](C)(C)C. The molecule has 0 heterocycles. The van der Waals surface area contributed by atoms with Crippen LogP contribution in [0.2, 0.25) is 25.7 Å². The minimum atomic E-state index is -0.986. The minimum absolute atomic E-state index is 0.0156. The van der Waals surface area contributed by atoms with Gasteiger partial charge in [-0.05, 0) is 18.3 Å². The van der Waals surface area contributed by atoms with Gasteiger partial charge in [0, 0.05) is 8.07 Å². The summed E-state index contributed by atoms with van der Waals surface area (Å²) in [7, 11) is -0.986. The molecule has 0 aliphatic rings. The van der Waals surface area contributed by atoms with E-state index in [0.29, 0.717) is 6.61 Å². The molecule has 0 aromatic heterocycles. The summed E-state index contributed by atoms with van der Waals surface area (Å²) in [6.45, 7) is 16.1. The molecule has 1 atom stereocenters. The standard InChI is InChI=1S/C14H30O2Si/c1-12(11-14(2,3)4)13(15)16-9-8-10-17(5,6)7/h12H,8-11H2,1-7H3. The Morgan fingerprint density at radius 1 is 1.24 bits per heavy atom. The van der Waals surface area contributed by atoms with Gasteiger partial charge in [-0.25, -0.2) is 0 Å². The predicted molar refractivity (Wildman–Crippen MR) is 77.0 cm³/mol. The van der Waals surface area contributed by atoms with E-state index < -0.39 is 8.07 Å². The fourth-order valence-electron chi connectivity index (χ4n) is 1.92. The quantitative estimate of drug-likeness (QED) is 0.403. The van der Waals surface area contributed by atoms with Crippen LogP contribution in [0.3, 0.4) is 0 Å². The molecule has 102 valence electrons. The van der Waals surface area contributed by atoms with Crippen molar-refractivity contribution in [2.45, 2.75) is 66.2 Å². The van der Waals surface area contributed by atoms with Crippen molar-refractivity contribution in [1.82, 2.24) is 0 Å². The average molecular weight is 258 g/mol. The van der Waals surface area contributed by atoms with E-state index in [1.807, 2.05) is 6.92 Å². The second-order valence-corrected chi connectivity index (χ2v) is 13.1. The van der Waals surface area contributed by atoms with Crippen molar-refractivity contribution in [2.24, 2.45) is 11.3 Å². The lowest BCUT2D eigenvalue weighted by atomic mass is 9.85. The summed E-state index contributed by atoms with van der Waals surface area (Å²) in [5, 5.41) is 0. The Morgan fingerprint density at radius 2 is 1.76 bits per heavy atom. The maximum atomic E-state index is 11.7. The summed E-state index contributed by atoms with van der Waals surface area (Å²) in [4.78, 5) is 11.7. The smallest absolute Gasteiger partial charge is 0.308 e. The van der Waals surface area contributed by atoms with Crippen LogP contribution in [0.15, 0.2) is 0 Å². The van der Waals surface area contributed by atoms with Gasteiger partial charge in [-0.1, -0.05) is 53.4 Å². The summed E-state index contributed by atoms with van der Waals surface area (Å²) < 4.78 is 5.33. The van der Waals surface area contributed by atoms with Gasteiger partial charge in [0.2, 0.25) is 0 Å². The maximum absolute atomic E-state index is 11.7. The predicted octanol–water partition coefficient (Wildman–Crippen LogP) is 4.33. The Morgan fingerprint density at radius 3 is 2.18 bits per heavy atom. The molecule has 0 aliphatic carbocycles. The molecular weight excluding hydrogens is 228 g/mol. The van der Waals surface area contributed by atoms with Crippen LogP contribution in [0.25, 0.3) is 0 Å². The van der Waals surface area contributed by atoms with Gasteiger partial charge >= 0.3 is 5.97 Å². The fourth-order valence-corrected chi connectivity index (χ4v) is 3.12. The molecule has 0 saturated heterocycles. The van der Waals surface area contributed by atoms with Crippen molar-refractivity contribution in [1.29, 1.82) is 0 Å². The molecule has 0 aliphatic heterocycles. The number of esters is 1. The third-order valence-corrected chi connectivity index (χ3v) is 4.49. The first-order valence-electron chi connectivity index (χ1n) is 6.68. The zero-order chi connectivity index (χ0) is 13.7. The van der Waals surface area contributed by atoms with E-state index in [4.69, 9.17) is 4.74 Å². The fraction of sp³-hybridized carbons (Fsp3) is 0.929. The monoisotopic (exact) mass is 258 g/mol. The summed E-state index contributed by atoms with van der Waals surface area (Å²) in [5.41, 5.74) is 0.191. The molecule has 0 aromatic rings. The number of hydrogen-bond acceptors (Lipinski definition) is 2. The van der Waals surface area contributed by atoms with Crippen LogP contribution in [0.4, 0.5) is 0 Å². The molecule has 17 heavy (non-hydrogen) atoms. The molecule has 0 spiro atoms. The van der Waals surface area contributed by atoms with Gasteiger partial charge in [0.05, 0.1) is 12.5 Å². The number of carbonyl (C=O) groups is 1. The molecule has 0 fully saturated rings. The first kappa shape index (κ1) is 16.7. The lowest BCUT2D eigenvalue weighted by Gasteiger charge is -2.22. The highest BCUT2D eigenvalue weighted by Gasteiger charge is 2.22. The summed E-state index contributed by atoms with van der Waals surface area (Å²) in [5.74, 6) is -0.0163. The number of ether oxygens (including phenoxy) is 1. The number of hydrogen-bond donors (Lipinski definition) is 0. The van der Waals surface area contributed by atoms with Gasteiger partial charge in [-0.2, -0.15) is 0 Å². The topological polar surface area (TPSA) is 26.3 Å². The molecule has 1 unspecified atom stereocenters. The summed E-state index contributed by atoms with van der Waals surface area (Å²) in [6, 6.07) is 1.23. The molecule has 0 radical (unpaired) electrons. The Bertz CT molecular complexity index is 236. The molecule has 0 amide bonds. The normalized spacial score (nSPS) is 14.5. The van der Waals surface area contributed by atoms with Crippen molar-refractivity contribution in [3.8, 4) is 0 Å². The van der Waals surface area contributed by atoms with Crippen molar-refractivity contribution < 1.29 is 9.53 Å². The molecule has 3 heteroatoms. The molecular formula is C14H30O2Si. The van der Waals surface area contributed by atoms with Gasteiger partial charge < -0.3 is 4.74 Å². The van der Waals surface area contributed by atoms with E-state index in [2.05, 4.69) is 40.4 Å². The van der Waals surface area contributed by atoms with Crippen molar-refractivity contribution in [3.63, 3.8) is 0 Å². The second kappa shape index (κ2) is 6.57. The Kier molecular flexibility index (Phi) is 6.45. The lowest BCUT2D eigenvalue weighted by molar-refractivity contribution is -0.148. The first-order chi connectivity index (χ1) is 7.51. The highest BCUT2D eigenvalue weighted by molar-refractivity contribution is 6.76. The number of carbonyl (C=O) groups excluding carboxylic acids is 1. The van der Waals surface area contributed by atoms with E-state index in [0.717, 1.165) is 12.8 Å². The van der Waals surface area contributed by atoms with Gasteiger partial charge in [0.15, 0.2) is 0 Å². The van der Waals surface area contributed by atoms with E-state index in [1.165, 1.54) is 6.04 Å². The van der Waals surface area contributed by atoms with Crippen LogP contribution in [-0.2, 0) is 9.53 Å². The van der Waals surface area contributed by atoms with Crippen molar-refractivity contribution in [2.75, 3.05) is 6.61 Å². The van der Waals surface area contributed by atoms with Gasteiger partial charge in [0.25, 0.3) is 0 Å². The summed E-state index contributed by atoms with van der Waals surface area (Å²) >= 11 is 0. The van der Waals surface area contributed by atoms with Crippen LogP contribution >= 0.6 is 0 Å². The third kappa shape index (κ3) is 10.6. The molecule has 0 bridgehead atoms. The molecule has 2 nitrogen and oxygen atoms in total. The highest BCUT2D eigenvalue weighted by Crippen LogP contribution is 2.24. The zero-order valence-corrected chi connectivity index (χ0v) is 13.7. The lowest BCUT2D eigenvalue weighted by Crippen LogP contribution is -2.23. The van der Waals surface area contributed by atoms with Gasteiger partial charge in [-0.15, -0.1) is 0 Å². The summed E-state index contributed by atoms with van der Waals surface area (Å²) in [6.07, 6.45) is 1.91. The van der Waals surface area contributed by atoms with Crippen LogP contribution in [0, 0.1) is 11.3 Å². The second-order valence-electron chi connectivity index (χ2n) is 7.50. The highest BCUT2D eigenvalue weighted by atomic mass is 28.3. The van der Waals surface area contributed by atoms with Gasteiger partial charge in [0.1, 0.15) is 0 Å². The largest absolute Gasteiger partial charge is 0.465 e. The molecule has 0 rings (SSSR count). The minimum Gasteiger partial charge on any atom is -0.465 e. The Labute approximate surface area is 108 Å². The zero-order valence-electron chi connectivity index (χ0n) is 12.7. The average Bonchev–Trinajstić information content (AvgIpc) is 2.07. The van der Waals surface area contributed by atoms with E-state index >= 15 is 0 Å². The Hall–Kier alpha value is -0.313. The van der Waals surface area contributed by atoms with E-state index in [-0.39, 0.29) is 17.3 Å². The molecule has 0 aromatic carbocycles. The van der Waals surface area contributed by atoms with Crippen LogP contribution in [0.5, 0.6) is 0 Å². The van der Waals surface area contributed by atoms with Gasteiger partial charge in [-0.3, -0.25) is 4.79 Å². The van der Waals surface area contributed by atoms with Crippen LogP contribution in [-0.4, -0.2) is 20.7 Å². The number of rotatable bonds is 6. The molecule has 0 saturated carbocycles. The van der Waals surface area contributed by atoms with Crippen molar-refractivity contribution in [3.05, 3.63) is 0 Å². The third-order valence-electron chi connectivity index (χ3n) is 2.64. The first-order valence-corrected chi connectivity index (χ1v) is 10.4. The van der Waals surface area contributed by atoms with Crippen LogP contribution in [0.1, 0.15) is 40.5 Å². The Balaban J connectivity index is 3.80. The van der Waals surface area contributed by atoms with Crippen LogP contribution < -0.4 is 0 Å². The van der Waals surface area contributed by atoms with E-state index in [1.54, 1.807) is 0 Å².